The molecule has 7 heteroatoms. The second kappa shape index (κ2) is 9.83. The normalized spacial score (nSPS) is 10.2. The van der Waals surface area contributed by atoms with Crippen LogP contribution in [0.5, 0.6) is 11.5 Å². The number of amides is 2. The van der Waals surface area contributed by atoms with Crippen molar-refractivity contribution in [1.29, 1.82) is 0 Å². The fourth-order valence-electron chi connectivity index (χ4n) is 2.53. The number of hydrogen-bond donors (Lipinski definition) is 1. The maximum absolute atomic E-state index is 12.2. The summed E-state index contributed by atoms with van der Waals surface area (Å²) < 4.78 is 10.4. The fraction of sp³-hybridized carbons (Fsp3) is 0.300. The van der Waals surface area contributed by atoms with Crippen LogP contribution in [0.2, 0.25) is 5.02 Å². The van der Waals surface area contributed by atoms with Crippen molar-refractivity contribution in [2.24, 2.45) is 0 Å². The van der Waals surface area contributed by atoms with Crippen LogP contribution in [0.4, 0.5) is 11.4 Å². The number of carbonyl (C=O) groups is 2. The van der Waals surface area contributed by atoms with E-state index < -0.39 is 0 Å². The van der Waals surface area contributed by atoms with E-state index in [9.17, 15) is 9.59 Å². The first-order chi connectivity index (χ1) is 13.0. The summed E-state index contributed by atoms with van der Waals surface area (Å²) in [6.07, 6.45) is 0.928. The topological polar surface area (TPSA) is 67.9 Å². The maximum atomic E-state index is 12.2. The molecule has 6 nitrogen and oxygen atoms in total. The van der Waals surface area contributed by atoms with E-state index in [4.69, 9.17) is 21.1 Å². The third-order valence-corrected chi connectivity index (χ3v) is 4.36. The van der Waals surface area contributed by atoms with Gasteiger partial charge in [0.25, 0.3) is 0 Å². The van der Waals surface area contributed by atoms with Crippen LogP contribution in [0.3, 0.4) is 0 Å². The van der Waals surface area contributed by atoms with Crippen LogP contribution < -0.4 is 19.7 Å². The molecule has 0 bridgehead atoms. The Kier molecular flexibility index (Phi) is 7.49. The van der Waals surface area contributed by atoms with Gasteiger partial charge >= 0.3 is 0 Å². The average Bonchev–Trinajstić information content (AvgIpc) is 2.68. The number of nitrogens with one attached hydrogen (secondary N) is 1. The number of benzene rings is 2. The summed E-state index contributed by atoms with van der Waals surface area (Å²) in [5, 5.41) is 3.16. The molecular formula is C20H23ClN2O4. The molecule has 0 aliphatic heterocycles. The molecule has 0 heterocycles. The van der Waals surface area contributed by atoms with Crippen LogP contribution in [0.15, 0.2) is 42.5 Å². The van der Waals surface area contributed by atoms with Crippen LogP contribution >= 0.6 is 11.6 Å². The van der Waals surface area contributed by atoms with Crippen molar-refractivity contribution in [3.8, 4) is 11.5 Å². The third kappa shape index (κ3) is 5.62. The Morgan fingerprint density at radius 1 is 1.04 bits per heavy atom. The lowest BCUT2D eigenvalue weighted by Crippen LogP contribution is -2.26. The van der Waals surface area contributed by atoms with E-state index in [1.165, 1.54) is 14.2 Å². The van der Waals surface area contributed by atoms with Crippen LogP contribution in [0.1, 0.15) is 19.3 Å². The van der Waals surface area contributed by atoms with Crippen molar-refractivity contribution in [1.82, 2.24) is 0 Å². The van der Waals surface area contributed by atoms with Gasteiger partial charge in [-0.3, -0.25) is 9.59 Å². The minimum atomic E-state index is -0.215. The van der Waals surface area contributed by atoms with Gasteiger partial charge in [0.05, 0.1) is 24.9 Å². The summed E-state index contributed by atoms with van der Waals surface area (Å²) in [4.78, 5) is 26.1. The largest absolute Gasteiger partial charge is 0.495 e. The highest BCUT2D eigenvalue weighted by Crippen LogP contribution is 2.35. The lowest BCUT2D eigenvalue weighted by molar-refractivity contribution is -0.118. The molecule has 0 radical (unpaired) electrons. The Balaban J connectivity index is 1.89. The summed E-state index contributed by atoms with van der Waals surface area (Å²) in [5.41, 5.74) is 1.29. The van der Waals surface area contributed by atoms with Gasteiger partial charge in [0.1, 0.15) is 11.5 Å². The molecule has 0 atom stereocenters. The number of methoxy groups -OCH3 is 2. The number of carbonyl (C=O) groups excluding carboxylic acids is 2. The van der Waals surface area contributed by atoms with E-state index in [2.05, 4.69) is 5.32 Å². The summed E-state index contributed by atoms with van der Waals surface area (Å²) in [5.74, 6) is 0.619. The summed E-state index contributed by atoms with van der Waals surface area (Å²) >= 11 is 6.06. The molecule has 2 aromatic carbocycles. The van der Waals surface area contributed by atoms with Gasteiger partial charge in [-0.1, -0.05) is 29.8 Å². The number of rotatable bonds is 8. The van der Waals surface area contributed by atoms with Gasteiger partial charge in [-0.05, 0) is 18.6 Å². The number of ether oxygens (including phenoxy) is 2. The van der Waals surface area contributed by atoms with E-state index in [1.54, 1.807) is 24.1 Å². The average molecular weight is 391 g/mol. The van der Waals surface area contributed by atoms with Gasteiger partial charge in [-0.2, -0.15) is 0 Å². The molecule has 0 aliphatic carbocycles. The molecule has 0 saturated carbocycles. The number of halogens is 1. The molecule has 0 unspecified atom stereocenters. The fourth-order valence-corrected chi connectivity index (χ4v) is 2.77. The van der Waals surface area contributed by atoms with E-state index in [0.717, 1.165) is 5.69 Å². The van der Waals surface area contributed by atoms with Crippen molar-refractivity contribution in [2.45, 2.75) is 19.3 Å². The molecule has 2 aromatic rings. The lowest BCUT2D eigenvalue weighted by Gasteiger charge is -2.17. The number of hydrogen-bond acceptors (Lipinski definition) is 4. The minimum absolute atomic E-state index is 0.0419. The quantitative estimate of drug-likeness (QED) is 0.735. The monoisotopic (exact) mass is 390 g/mol. The first-order valence-corrected chi connectivity index (χ1v) is 8.87. The Morgan fingerprint density at radius 3 is 2.33 bits per heavy atom. The first kappa shape index (κ1) is 20.6. The van der Waals surface area contributed by atoms with Crippen molar-refractivity contribution in [3.63, 3.8) is 0 Å². The Morgan fingerprint density at radius 2 is 1.70 bits per heavy atom. The second-order valence-electron chi connectivity index (χ2n) is 5.88. The zero-order valence-electron chi connectivity index (χ0n) is 15.6. The van der Waals surface area contributed by atoms with Crippen molar-refractivity contribution < 1.29 is 19.1 Å². The number of anilines is 2. The predicted octanol–water partition coefficient (Wildman–Crippen LogP) is 4.13. The van der Waals surface area contributed by atoms with Gasteiger partial charge in [0.2, 0.25) is 11.8 Å². The third-order valence-electron chi connectivity index (χ3n) is 4.06. The van der Waals surface area contributed by atoms with Crippen molar-refractivity contribution in [3.05, 3.63) is 47.5 Å². The van der Waals surface area contributed by atoms with Crippen LogP contribution in [0, 0.1) is 0 Å². The van der Waals surface area contributed by atoms with Gasteiger partial charge in [0.15, 0.2) is 0 Å². The van der Waals surface area contributed by atoms with Crippen LogP contribution in [0.25, 0.3) is 0 Å². The molecule has 0 aliphatic rings. The highest BCUT2D eigenvalue weighted by Gasteiger charge is 2.14. The molecular weight excluding hydrogens is 368 g/mol. The minimum Gasteiger partial charge on any atom is -0.495 e. The molecule has 27 heavy (non-hydrogen) atoms. The molecule has 0 fully saturated rings. The maximum Gasteiger partial charge on any atom is 0.226 e. The molecule has 2 rings (SSSR count). The summed E-state index contributed by atoms with van der Waals surface area (Å²) in [7, 11) is 4.71. The Hall–Kier alpha value is -2.73. The Bertz CT molecular complexity index is 796. The van der Waals surface area contributed by atoms with Gasteiger partial charge in [-0.15, -0.1) is 0 Å². The van der Waals surface area contributed by atoms with E-state index >= 15 is 0 Å². The van der Waals surface area contributed by atoms with Crippen molar-refractivity contribution in [2.75, 3.05) is 31.5 Å². The zero-order chi connectivity index (χ0) is 19.8. The van der Waals surface area contributed by atoms with Gasteiger partial charge in [0, 0.05) is 37.7 Å². The molecule has 1 N–H and O–H groups in total. The predicted molar refractivity (Wildman–Crippen MR) is 107 cm³/mol. The second-order valence-corrected chi connectivity index (χ2v) is 6.28. The number of nitrogens with zero attached hydrogens (tertiary/aromatic N) is 1. The van der Waals surface area contributed by atoms with Gasteiger partial charge in [-0.25, -0.2) is 0 Å². The van der Waals surface area contributed by atoms with Gasteiger partial charge < -0.3 is 19.7 Å². The smallest absolute Gasteiger partial charge is 0.226 e. The zero-order valence-corrected chi connectivity index (χ0v) is 16.4. The summed E-state index contributed by atoms with van der Waals surface area (Å²) in [6.45, 7) is 0. The van der Waals surface area contributed by atoms with E-state index in [1.807, 2.05) is 30.3 Å². The SMILES string of the molecule is COc1cc(NC(=O)CCCC(=O)N(C)c2ccccc2)c(OC)cc1Cl. The van der Waals surface area contributed by atoms with Crippen LogP contribution in [-0.2, 0) is 9.59 Å². The van der Waals surface area contributed by atoms with Crippen molar-refractivity contribution >= 4 is 34.8 Å². The number of para-hydroxylation sites is 1. The molecule has 0 aromatic heterocycles. The highest BCUT2D eigenvalue weighted by molar-refractivity contribution is 6.32. The molecule has 2 amide bonds. The highest BCUT2D eigenvalue weighted by atomic mass is 35.5. The molecule has 144 valence electrons. The van der Waals surface area contributed by atoms with Crippen LogP contribution in [-0.4, -0.2) is 33.1 Å². The Labute approximate surface area is 164 Å². The van der Waals surface area contributed by atoms with E-state index in [-0.39, 0.29) is 24.7 Å². The van der Waals surface area contributed by atoms with E-state index in [0.29, 0.717) is 28.6 Å². The molecule has 0 saturated heterocycles. The molecule has 0 spiro atoms. The lowest BCUT2D eigenvalue weighted by atomic mass is 10.2. The summed E-state index contributed by atoms with van der Waals surface area (Å²) in [6, 6.07) is 12.6. The first-order valence-electron chi connectivity index (χ1n) is 8.49. The standard InChI is InChI=1S/C20H23ClN2O4/c1-23(14-8-5-4-6-9-14)20(25)11-7-10-19(24)22-16-13-17(26-2)15(21)12-18(16)27-3/h4-6,8-9,12-13H,7,10-11H2,1-3H3,(H,22,24).